The summed E-state index contributed by atoms with van der Waals surface area (Å²) < 4.78 is 16.7. The molecular formula is C61H92O6. The Morgan fingerprint density at radius 2 is 0.582 bits per heavy atom. The fourth-order valence-electron chi connectivity index (χ4n) is 6.16. The first-order valence-corrected chi connectivity index (χ1v) is 26.0. The molecule has 0 aliphatic rings. The van der Waals surface area contributed by atoms with Crippen molar-refractivity contribution in [2.45, 2.75) is 194 Å². The highest BCUT2D eigenvalue weighted by Gasteiger charge is 2.19. The number of carbonyl (C=O) groups excluding carboxylic acids is 3. The first-order chi connectivity index (χ1) is 33.0. The summed E-state index contributed by atoms with van der Waals surface area (Å²) in [5.74, 6) is -1.11. The highest BCUT2D eigenvalue weighted by molar-refractivity contribution is 5.71. The van der Waals surface area contributed by atoms with Crippen LogP contribution in [0.5, 0.6) is 0 Å². The highest BCUT2D eigenvalue weighted by atomic mass is 16.6. The molecule has 0 aliphatic carbocycles. The van der Waals surface area contributed by atoms with E-state index in [1.54, 1.807) is 0 Å². The lowest BCUT2D eigenvalue weighted by Crippen LogP contribution is -2.30. The van der Waals surface area contributed by atoms with E-state index < -0.39 is 12.1 Å². The van der Waals surface area contributed by atoms with Crippen LogP contribution in [-0.4, -0.2) is 37.2 Å². The van der Waals surface area contributed by atoms with Crippen molar-refractivity contribution in [2.75, 3.05) is 13.2 Å². The second-order valence-corrected chi connectivity index (χ2v) is 16.3. The minimum atomic E-state index is -0.854. The molecule has 0 fully saturated rings. The van der Waals surface area contributed by atoms with E-state index in [0.717, 1.165) is 103 Å². The molecule has 0 saturated heterocycles. The molecule has 0 amide bonds. The van der Waals surface area contributed by atoms with E-state index in [1.807, 2.05) is 0 Å². The lowest BCUT2D eigenvalue weighted by molar-refractivity contribution is -0.167. The predicted octanol–water partition coefficient (Wildman–Crippen LogP) is 17.4. The molecule has 0 N–H and O–H groups in total. The number of unbranched alkanes of at least 4 members (excludes halogenated alkanes) is 7. The summed E-state index contributed by atoms with van der Waals surface area (Å²) in [4.78, 5) is 38.0. The van der Waals surface area contributed by atoms with Gasteiger partial charge in [0.15, 0.2) is 6.10 Å². The molecule has 0 saturated carbocycles. The van der Waals surface area contributed by atoms with E-state index in [4.69, 9.17) is 14.2 Å². The Morgan fingerprint density at radius 3 is 0.910 bits per heavy atom. The summed E-state index contributed by atoms with van der Waals surface area (Å²) in [5, 5.41) is 0. The molecule has 0 spiro atoms. The van der Waals surface area contributed by atoms with Crippen LogP contribution in [0.15, 0.2) is 158 Å². The summed E-state index contributed by atoms with van der Waals surface area (Å²) in [6.45, 7) is 6.22. The molecule has 1 atom stereocenters. The van der Waals surface area contributed by atoms with Gasteiger partial charge in [0.2, 0.25) is 0 Å². The quantitative estimate of drug-likeness (QED) is 0.0262. The minimum absolute atomic E-state index is 0.146. The predicted molar refractivity (Wildman–Crippen MR) is 288 cm³/mol. The van der Waals surface area contributed by atoms with Gasteiger partial charge in [-0.15, -0.1) is 0 Å². The molecule has 67 heavy (non-hydrogen) atoms. The topological polar surface area (TPSA) is 78.9 Å². The van der Waals surface area contributed by atoms with Crippen LogP contribution in [0.1, 0.15) is 188 Å². The van der Waals surface area contributed by atoms with Crippen molar-refractivity contribution in [3.05, 3.63) is 158 Å². The number of hydrogen-bond donors (Lipinski definition) is 0. The van der Waals surface area contributed by atoms with Crippen molar-refractivity contribution in [3.63, 3.8) is 0 Å². The van der Waals surface area contributed by atoms with E-state index in [-0.39, 0.29) is 44.4 Å². The number of allylic oxidation sites excluding steroid dienone is 26. The van der Waals surface area contributed by atoms with Crippen LogP contribution in [0.3, 0.4) is 0 Å². The average molecular weight is 921 g/mol. The summed E-state index contributed by atoms with van der Waals surface area (Å²) in [7, 11) is 0. The monoisotopic (exact) mass is 921 g/mol. The number of hydrogen-bond acceptors (Lipinski definition) is 6. The Balaban J connectivity index is 4.68. The number of esters is 3. The van der Waals surface area contributed by atoms with Gasteiger partial charge in [0.25, 0.3) is 0 Å². The first kappa shape index (κ1) is 62.0. The first-order valence-electron chi connectivity index (χ1n) is 26.0. The van der Waals surface area contributed by atoms with Crippen molar-refractivity contribution in [3.8, 4) is 0 Å². The molecule has 0 aliphatic heterocycles. The van der Waals surface area contributed by atoms with E-state index >= 15 is 0 Å². The third-order valence-corrected chi connectivity index (χ3v) is 10.00. The Hall–Kier alpha value is -4.97. The third-order valence-electron chi connectivity index (χ3n) is 10.00. The zero-order valence-corrected chi connectivity index (χ0v) is 42.3. The maximum absolute atomic E-state index is 12.8. The van der Waals surface area contributed by atoms with Crippen LogP contribution < -0.4 is 0 Å². The van der Waals surface area contributed by atoms with E-state index in [0.29, 0.717) is 19.3 Å². The van der Waals surface area contributed by atoms with Gasteiger partial charge in [-0.2, -0.15) is 0 Å². The van der Waals surface area contributed by atoms with Crippen LogP contribution in [0.25, 0.3) is 0 Å². The summed E-state index contributed by atoms with van der Waals surface area (Å²) >= 11 is 0. The van der Waals surface area contributed by atoms with Gasteiger partial charge in [-0.25, -0.2) is 0 Å². The van der Waals surface area contributed by atoms with Gasteiger partial charge in [-0.05, 0) is 135 Å². The minimum Gasteiger partial charge on any atom is -0.462 e. The Morgan fingerprint density at radius 1 is 0.313 bits per heavy atom. The zero-order valence-electron chi connectivity index (χ0n) is 42.3. The number of rotatable bonds is 44. The van der Waals surface area contributed by atoms with Gasteiger partial charge in [0.1, 0.15) is 13.2 Å². The molecule has 0 heterocycles. The standard InChI is InChI=1S/C61H92O6/c1-4-7-10-13-16-19-22-25-28-30-33-36-39-42-45-48-51-54-60(63)66-57-58(56-65-59(62)53-50-47-44-41-38-35-32-27-24-21-18-15-12-9-6-3)67-61(64)55-52-49-46-43-40-37-34-31-29-26-23-20-17-14-11-8-5-2/h7-8,10-11,16-21,25-29,32-34,36-38,41-43,45-46,58H,4-6,9,12-15,22-24,30-31,35,39-40,44,47-57H2,1-3H3/b10-7-,11-8-,19-16-,20-17-,21-18-,28-25-,29-26-,32-27-,36-33-,37-34-,41-38-,45-42-,46-43-/t58-/m0/s1. The Bertz CT molecular complexity index is 1570. The van der Waals surface area contributed by atoms with E-state index in [9.17, 15) is 14.4 Å². The maximum atomic E-state index is 12.8. The lowest BCUT2D eigenvalue weighted by atomic mass is 10.1. The lowest BCUT2D eigenvalue weighted by Gasteiger charge is -2.18. The summed E-state index contributed by atoms with van der Waals surface area (Å²) in [6, 6.07) is 0. The van der Waals surface area contributed by atoms with Gasteiger partial charge in [0.05, 0.1) is 0 Å². The molecule has 6 nitrogen and oxygen atoms in total. The van der Waals surface area contributed by atoms with Gasteiger partial charge in [0, 0.05) is 19.3 Å². The van der Waals surface area contributed by atoms with Gasteiger partial charge in [-0.1, -0.05) is 192 Å². The molecule has 0 aromatic rings. The van der Waals surface area contributed by atoms with Gasteiger partial charge < -0.3 is 14.2 Å². The smallest absolute Gasteiger partial charge is 0.306 e. The molecular weight excluding hydrogens is 829 g/mol. The highest BCUT2D eigenvalue weighted by Crippen LogP contribution is 2.09. The van der Waals surface area contributed by atoms with Crippen LogP contribution in [0.4, 0.5) is 0 Å². The molecule has 0 unspecified atom stereocenters. The zero-order chi connectivity index (χ0) is 48.6. The summed E-state index contributed by atoms with van der Waals surface area (Å²) in [5.41, 5.74) is 0. The third kappa shape index (κ3) is 51.9. The Kier molecular flexibility index (Phi) is 49.7. The molecule has 0 aromatic carbocycles. The van der Waals surface area contributed by atoms with Crippen molar-refractivity contribution < 1.29 is 28.6 Å². The average Bonchev–Trinajstić information content (AvgIpc) is 3.33. The molecule has 0 radical (unpaired) electrons. The summed E-state index contributed by atoms with van der Waals surface area (Å²) in [6.07, 6.45) is 78.1. The molecule has 372 valence electrons. The molecule has 6 heteroatoms. The largest absolute Gasteiger partial charge is 0.462 e. The van der Waals surface area contributed by atoms with Gasteiger partial charge >= 0.3 is 17.9 Å². The molecule has 0 aromatic heterocycles. The second kappa shape index (κ2) is 53.6. The van der Waals surface area contributed by atoms with Crippen molar-refractivity contribution in [2.24, 2.45) is 0 Å². The van der Waals surface area contributed by atoms with E-state index in [2.05, 4.69) is 179 Å². The van der Waals surface area contributed by atoms with Crippen LogP contribution >= 0.6 is 0 Å². The SMILES string of the molecule is CC/C=C\C/C=C\C/C=C\C/C=C\C/C=C\CCCC(=O)OC[C@H](COC(=O)CCCC/C=C\C/C=C\C/C=C\CCCCC)OC(=O)CCC/C=C\C/C=C\C/C=C\C/C=C\C/C=C\CC. The van der Waals surface area contributed by atoms with Crippen molar-refractivity contribution >= 4 is 17.9 Å². The van der Waals surface area contributed by atoms with Crippen LogP contribution in [0, 0.1) is 0 Å². The van der Waals surface area contributed by atoms with Crippen molar-refractivity contribution in [1.82, 2.24) is 0 Å². The fourth-order valence-corrected chi connectivity index (χ4v) is 6.16. The van der Waals surface area contributed by atoms with Gasteiger partial charge in [-0.3, -0.25) is 14.4 Å². The second-order valence-electron chi connectivity index (χ2n) is 16.3. The van der Waals surface area contributed by atoms with Crippen LogP contribution in [-0.2, 0) is 28.6 Å². The number of ether oxygens (including phenoxy) is 3. The van der Waals surface area contributed by atoms with Crippen molar-refractivity contribution in [1.29, 1.82) is 0 Å². The number of carbonyl (C=O) groups is 3. The Labute approximate surface area is 409 Å². The maximum Gasteiger partial charge on any atom is 0.306 e. The molecule has 0 bridgehead atoms. The fraction of sp³-hybridized carbons (Fsp3) is 0.525. The molecule has 0 rings (SSSR count). The van der Waals surface area contributed by atoms with E-state index in [1.165, 1.54) is 25.7 Å². The normalized spacial score (nSPS) is 13.4. The van der Waals surface area contributed by atoms with Crippen LogP contribution in [0.2, 0.25) is 0 Å².